The molecule has 21 heavy (non-hydrogen) atoms. The van der Waals surface area contributed by atoms with Crippen LogP contribution in [-0.2, 0) is 5.41 Å². The van der Waals surface area contributed by atoms with Gasteiger partial charge in [0.05, 0.1) is 0 Å². The van der Waals surface area contributed by atoms with Crippen molar-refractivity contribution in [3.8, 4) is 0 Å². The van der Waals surface area contributed by atoms with E-state index in [1.807, 2.05) is 6.07 Å². The van der Waals surface area contributed by atoms with Crippen LogP contribution in [0.5, 0.6) is 0 Å². The second kappa shape index (κ2) is 7.96. The first kappa shape index (κ1) is 18.2. The predicted octanol–water partition coefficient (Wildman–Crippen LogP) is 3.30. The molecule has 0 radical (unpaired) electrons. The molecule has 1 aromatic rings. The van der Waals surface area contributed by atoms with E-state index in [0.717, 1.165) is 37.5 Å². The zero-order valence-electron chi connectivity index (χ0n) is 12.9. The van der Waals surface area contributed by atoms with Crippen molar-refractivity contribution in [3.05, 3.63) is 35.6 Å². The summed E-state index contributed by atoms with van der Waals surface area (Å²) in [5.74, 6) is 1.24. The zero-order chi connectivity index (χ0) is 14.6. The van der Waals surface area contributed by atoms with Crippen molar-refractivity contribution in [1.82, 2.24) is 10.6 Å². The molecule has 3 nitrogen and oxygen atoms in total. The third kappa shape index (κ3) is 5.13. The molecular weight excluding hydrogens is 380 g/mol. The largest absolute Gasteiger partial charge is 0.356 e. The topological polar surface area (TPSA) is 36.4 Å². The van der Waals surface area contributed by atoms with Crippen LogP contribution in [0.15, 0.2) is 29.3 Å². The van der Waals surface area contributed by atoms with E-state index in [2.05, 4.69) is 29.5 Å². The highest BCUT2D eigenvalue weighted by atomic mass is 127. The van der Waals surface area contributed by atoms with Gasteiger partial charge < -0.3 is 10.6 Å². The molecule has 0 spiro atoms. The normalized spacial score (nSPS) is 16.3. The fourth-order valence-corrected chi connectivity index (χ4v) is 2.31. The van der Waals surface area contributed by atoms with Crippen LogP contribution in [0, 0.1) is 11.7 Å². The summed E-state index contributed by atoms with van der Waals surface area (Å²) in [4.78, 5) is 4.22. The molecule has 1 saturated carbocycles. The molecule has 0 unspecified atom stereocenters. The molecule has 0 bridgehead atoms. The first-order valence-corrected chi connectivity index (χ1v) is 7.26. The molecule has 0 aromatic heterocycles. The van der Waals surface area contributed by atoms with Gasteiger partial charge in [-0.2, -0.15) is 0 Å². The maximum absolute atomic E-state index is 13.3. The molecule has 2 rings (SSSR count). The van der Waals surface area contributed by atoms with Gasteiger partial charge in [0.1, 0.15) is 5.82 Å². The van der Waals surface area contributed by atoms with E-state index in [1.165, 1.54) is 6.07 Å². The fraction of sp³-hybridized carbons (Fsp3) is 0.562. The molecule has 0 atom stereocenters. The first-order chi connectivity index (χ1) is 9.55. The Labute approximate surface area is 143 Å². The van der Waals surface area contributed by atoms with Crippen LogP contribution in [0.2, 0.25) is 0 Å². The first-order valence-electron chi connectivity index (χ1n) is 7.26. The fourth-order valence-electron chi connectivity index (χ4n) is 2.31. The van der Waals surface area contributed by atoms with E-state index in [0.29, 0.717) is 5.92 Å². The minimum atomic E-state index is -0.156. The average molecular weight is 405 g/mol. The van der Waals surface area contributed by atoms with Crippen LogP contribution in [0.3, 0.4) is 0 Å². The maximum atomic E-state index is 13.3. The van der Waals surface area contributed by atoms with Crippen LogP contribution >= 0.6 is 24.0 Å². The predicted molar refractivity (Wildman–Crippen MR) is 96.9 cm³/mol. The number of guanidine groups is 1. The standard InChI is InChI=1S/C16H24FN3.HI/c1-12(2)10-19-15(18-3)20-11-16(7-8-16)13-5-4-6-14(17)9-13;/h4-6,9,12H,7-8,10-11H2,1-3H3,(H2,18,19,20);1H. The van der Waals surface area contributed by atoms with Gasteiger partial charge in [-0.25, -0.2) is 4.39 Å². The number of rotatable bonds is 5. The molecule has 0 heterocycles. The molecular formula is C16H25FIN3. The molecule has 0 aliphatic heterocycles. The van der Waals surface area contributed by atoms with Gasteiger partial charge >= 0.3 is 0 Å². The van der Waals surface area contributed by atoms with E-state index in [4.69, 9.17) is 0 Å². The smallest absolute Gasteiger partial charge is 0.191 e. The number of hydrogen-bond acceptors (Lipinski definition) is 1. The van der Waals surface area contributed by atoms with Gasteiger partial charge in [-0.15, -0.1) is 24.0 Å². The third-order valence-corrected chi connectivity index (χ3v) is 3.79. The van der Waals surface area contributed by atoms with Crippen LogP contribution in [0.25, 0.3) is 0 Å². The van der Waals surface area contributed by atoms with Gasteiger partial charge in [0.25, 0.3) is 0 Å². The molecule has 2 N–H and O–H groups in total. The third-order valence-electron chi connectivity index (χ3n) is 3.79. The number of halogens is 2. The Kier molecular flexibility index (Phi) is 6.90. The van der Waals surface area contributed by atoms with Gasteiger partial charge in [-0.1, -0.05) is 26.0 Å². The van der Waals surface area contributed by atoms with Crippen molar-refractivity contribution in [2.45, 2.75) is 32.1 Å². The molecule has 118 valence electrons. The highest BCUT2D eigenvalue weighted by Gasteiger charge is 2.44. The lowest BCUT2D eigenvalue weighted by molar-refractivity contribution is 0.593. The number of hydrogen-bond donors (Lipinski definition) is 2. The number of nitrogens with zero attached hydrogens (tertiary/aromatic N) is 1. The molecule has 1 aromatic carbocycles. The number of nitrogens with one attached hydrogen (secondary N) is 2. The molecule has 1 aliphatic carbocycles. The van der Waals surface area contributed by atoms with Gasteiger partial charge in [0.15, 0.2) is 5.96 Å². The van der Waals surface area contributed by atoms with Gasteiger partial charge in [-0.05, 0) is 36.5 Å². The van der Waals surface area contributed by atoms with Crippen molar-refractivity contribution in [2.75, 3.05) is 20.1 Å². The number of aliphatic imine (C=N–C) groups is 1. The van der Waals surface area contributed by atoms with E-state index in [-0.39, 0.29) is 35.2 Å². The average Bonchev–Trinajstić information content (AvgIpc) is 3.20. The monoisotopic (exact) mass is 405 g/mol. The maximum Gasteiger partial charge on any atom is 0.191 e. The van der Waals surface area contributed by atoms with Crippen LogP contribution in [0.4, 0.5) is 4.39 Å². The Morgan fingerprint density at radius 2 is 2.05 bits per heavy atom. The summed E-state index contributed by atoms with van der Waals surface area (Å²) in [5.41, 5.74) is 1.17. The lowest BCUT2D eigenvalue weighted by Gasteiger charge is -2.19. The van der Waals surface area contributed by atoms with Gasteiger partial charge in [-0.3, -0.25) is 4.99 Å². The highest BCUT2D eigenvalue weighted by Crippen LogP contribution is 2.47. The molecule has 1 fully saturated rings. The summed E-state index contributed by atoms with van der Waals surface area (Å²) in [5, 5.41) is 6.66. The van der Waals surface area contributed by atoms with Crippen LogP contribution in [0.1, 0.15) is 32.3 Å². The summed E-state index contributed by atoms with van der Waals surface area (Å²) in [6.45, 7) is 6.02. The summed E-state index contributed by atoms with van der Waals surface area (Å²) in [7, 11) is 1.78. The SMILES string of the molecule is CN=C(NCC(C)C)NCC1(c2cccc(F)c2)CC1.I. The molecule has 5 heteroatoms. The van der Waals surface area contributed by atoms with E-state index >= 15 is 0 Å². The van der Waals surface area contributed by atoms with Crippen molar-refractivity contribution in [2.24, 2.45) is 10.9 Å². The summed E-state index contributed by atoms with van der Waals surface area (Å²) in [6, 6.07) is 6.95. The Bertz CT molecular complexity index is 484. The molecule has 1 aliphatic rings. The Morgan fingerprint density at radius 3 is 2.57 bits per heavy atom. The van der Waals surface area contributed by atoms with Crippen molar-refractivity contribution >= 4 is 29.9 Å². The lowest BCUT2D eigenvalue weighted by Crippen LogP contribution is -2.42. The van der Waals surface area contributed by atoms with Crippen molar-refractivity contribution < 1.29 is 4.39 Å². The Morgan fingerprint density at radius 1 is 1.33 bits per heavy atom. The highest BCUT2D eigenvalue weighted by molar-refractivity contribution is 14.0. The minimum Gasteiger partial charge on any atom is -0.356 e. The van der Waals surface area contributed by atoms with Gasteiger partial charge in [0, 0.05) is 25.6 Å². The van der Waals surface area contributed by atoms with E-state index < -0.39 is 0 Å². The van der Waals surface area contributed by atoms with E-state index in [9.17, 15) is 4.39 Å². The summed E-state index contributed by atoms with van der Waals surface area (Å²) in [6.07, 6.45) is 2.20. The second-order valence-corrected chi connectivity index (χ2v) is 5.99. The summed E-state index contributed by atoms with van der Waals surface area (Å²) < 4.78 is 13.3. The van der Waals surface area contributed by atoms with Crippen LogP contribution in [-0.4, -0.2) is 26.1 Å². The van der Waals surface area contributed by atoms with E-state index in [1.54, 1.807) is 19.2 Å². The van der Waals surface area contributed by atoms with Crippen molar-refractivity contribution in [1.29, 1.82) is 0 Å². The second-order valence-electron chi connectivity index (χ2n) is 5.99. The quantitative estimate of drug-likeness (QED) is 0.448. The molecule has 0 amide bonds. The summed E-state index contributed by atoms with van der Waals surface area (Å²) >= 11 is 0. The Hall–Kier alpha value is -0.850. The lowest BCUT2D eigenvalue weighted by atomic mass is 9.96. The zero-order valence-corrected chi connectivity index (χ0v) is 15.3. The molecule has 0 saturated heterocycles. The van der Waals surface area contributed by atoms with Crippen LogP contribution < -0.4 is 10.6 Å². The number of benzene rings is 1. The minimum absolute atomic E-state index is 0. The van der Waals surface area contributed by atoms with Gasteiger partial charge in [0.2, 0.25) is 0 Å². The Balaban J connectivity index is 0.00000220. The van der Waals surface area contributed by atoms with Crippen molar-refractivity contribution in [3.63, 3.8) is 0 Å².